The van der Waals surface area contributed by atoms with Crippen LogP contribution in [-0.4, -0.2) is 29.8 Å². The van der Waals surface area contributed by atoms with Gasteiger partial charge in [0.2, 0.25) is 5.91 Å². The fraction of sp³-hybridized carbons (Fsp3) is 0.556. The first-order valence-electron chi connectivity index (χ1n) is 4.39. The normalized spacial score (nSPS) is 15.9. The highest BCUT2D eigenvalue weighted by molar-refractivity contribution is 6.12. The van der Waals surface area contributed by atoms with Gasteiger partial charge in [0, 0.05) is 18.7 Å². The molecule has 0 aliphatic carbocycles. The van der Waals surface area contributed by atoms with Crippen molar-refractivity contribution < 1.29 is 9.59 Å². The van der Waals surface area contributed by atoms with Gasteiger partial charge in [-0.05, 0) is 0 Å². The highest BCUT2D eigenvalue weighted by Crippen LogP contribution is 2.15. The van der Waals surface area contributed by atoms with E-state index in [0.717, 1.165) is 4.90 Å². The lowest BCUT2D eigenvalue weighted by atomic mass is 10.3. The summed E-state index contributed by atoms with van der Waals surface area (Å²) in [6.45, 7) is 8.08. The van der Waals surface area contributed by atoms with E-state index in [9.17, 15) is 9.59 Å². The van der Waals surface area contributed by atoms with E-state index in [1.54, 1.807) is 0 Å². The molecule has 0 saturated carbocycles. The number of imide groups is 1. The Balaban J connectivity index is 0.000000671. The Morgan fingerprint density at radius 2 is 2.00 bits per heavy atom. The van der Waals surface area contributed by atoms with Crippen LogP contribution in [0.25, 0.3) is 0 Å². The number of amides is 2. The fourth-order valence-corrected chi connectivity index (χ4v) is 1.01. The van der Waals surface area contributed by atoms with Gasteiger partial charge in [0.05, 0.1) is 6.42 Å². The molecule has 1 aliphatic heterocycles. The number of nitrogens with zero attached hydrogens (tertiary/aromatic N) is 1. The highest BCUT2D eigenvalue weighted by Gasteiger charge is 2.31. The smallest absolute Gasteiger partial charge is 0.256 e. The molecule has 1 aliphatic rings. The van der Waals surface area contributed by atoms with E-state index in [4.69, 9.17) is 5.73 Å². The lowest BCUT2D eigenvalue weighted by Crippen LogP contribution is -2.33. The molecule has 0 aromatic rings. The molecule has 13 heavy (non-hydrogen) atoms. The van der Waals surface area contributed by atoms with E-state index in [0.29, 0.717) is 18.7 Å². The van der Waals surface area contributed by atoms with E-state index in [1.165, 1.54) is 0 Å². The van der Waals surface area contributed by atoms with Crippen molar-refractivity contribution in [1.29, 1.82) is 0 Å². The molecule has 1 fully saturated rings. The number of likely N-dealkylation sites (tertiary alicyclic amines) is 1. The van der Waals surface area contributed by atoms with Crippen molar-refractivity contribution >= 4 is 11.8 Å². The van der Waals surface area contributed by atoms with Crippen LogP contribution in [0.2, 0.25) is 0 Å². The van der Waals surface area contributed by atoms with Gasteiger partial charge >= 0.3 is 0 Å². The van der Waals surface area contributed by atoms with Crippen LogP contribution in [0.4, 0.5) is 0 Å². The third-order valence-electron chi connectivity index (χ3n) is 1.57. The molecule has 2 amide bonds. The number of nitrogens with two attached hydrogens (primary N) is 1. The number of hydrogen-bond acceptors (Lipinski definition) is 3. The summed E-state index contributed by atoms with van der Waals surface area (Å²) in [5, 5.41) is 0. The second-order valence-corrected chi connectivity index (χ2v) is 2.42. The van der Waals surface area contributed by atoms with Gasteiger partial charge in [-0.15, -0.1) is 0 Å². The Kier molecular flexibility index (Phi) is 4.99. The van der Waals surface area contributed by atoms with Crippen molar-refractivity contribution in [3.63, 3.8) is 0 Å². The first-order valence-corrected chi connectivity index (χ1v) is 4.39. The first kappa shape index (κ1) is 11.8. The van der Waals surface area contributed by atoms with Gasteiger partial charge in [-0.3, -0.25) is 14.5 Å². The maximum Gasteiger partial charge on any atom is 0.256 e. The van der Waals surface area contributed by atoms with E-state index >= 15 is 0 Å². The minimum Gasteiger partial charge on any atom is -0.329 e. The number of rotatable bonds is 2. The summed E-state index contributed by atoms with van der Waals surface area (Å²) >= 11 is 0. The summed E-state index contributed by atoms with van der Waals surface area (Å²) in [7, 11) is 0. The molecule has 1 heterocycles. The molecule has 4 heteroatoms. The quantitative estimate of drug-likeness (QED) is 0.495. The molecule has 0 aromatic heterocycles. The SMILES string of the molecule is C=C1CC(=O)N(CCN)C1=O.CC. The van der Waals surface area contributed by atoms with Crippen molar-refractivity contribution in [2.45, 2.75) is 20.3 Å². The van der Waals surface area contributed by atoms with Gasteiger partial charge in [0.25, 0.3) is 5.91 Å². The third kappa shape index (κ3) is 2.66. The summed E-state index contributed by atoms with van der Waals surface area (Å²) in [6.07, 6.45) is 0.152. The zero-order valence-corrected chi connectivity index (χ0v) is 8.17. The van der Waals surface area contributed by atoms with Gasteiger partial charge in [-0.2, -0.15) is 0 Å². The molecule has 0 aromatic carbocycles. The highest BCUT2D eigenvalue weighted by atomic mass is 16.2. The first-order chi connectivity index (χ1) is 6.16. The lowest BCUT2D eigenvalue weighted by Gasteiger charge is -2.10. The van der Waals surface area contributed by atoms with Crippen molar-refractivity contribution in [3.8, 4) is 0 Å². The summed E-state index contributed by atoms with van der Waals surface area (Å²) in [5.74, 6) is -0.467. The molecular formula is C9H16N2O2. The maximum atomic E-state index is 11.1. The van der Waals surface area contributed by atoms with Crippen LogP contribution < -0.4 is 5.73 Å². The molecule has 0 unspecified atom stereocenters. The molecule has 1 saturated heterocycles. The summed E-state index contributed by atoms with van der Waals surface area (Å²) in [4.78, 5) is 23.2. The minimum absolute atomic E-state index is 0.152. The Morgan fingerprint density at radius 3 is 2.31 bits per heavy atom. The molecule has 0 spiro atoms. The molecular weight excluding hydrogens is 168 g/mol. The van der Waals surface area contributed by atoms with Gasteiger partial charge in [-0.25, -0.2) is 0 Å². The molecule has 74 valence electrons. The molecule has 0 radical (unpaired) electrons. The van der Waals surface area contributed by atoms with Crippen LogP contribution in [0.5, 0.6) is 0 Å². The summed E-state index contributed by atoms with van der Waals surface area (Å²) < 4.78 is 0. The van der Waals surface area contributed by atoms with Crippen molar-refractivity contribution in [2.75, 3.05) is 13.1 Å². The average Bonchev–Trinajstić information content (AvgIpc) is 2.36. The Bertz CT molecular complexity index is 224. The summed E-state index contributed by atoms with van der Waals surface area (Å²) in [6, 6.07) is 0. The number of carbonyl (C=O) groups excluding carboxylic acids is 2. The van der Waals surface area contributed by atoms with Gasteiger partial charge < -0.3 is 5.73 Å². The van der Waals surface area contributed by atoms with Crippen LogP contribution in [0.15, 0.2) is 12.2 Å². The van der Waals surface area contributed by atoms with Crippen LogP contribution in [-0.2, 0) is 9.59 Å². The fourth-order valence-electron chi connectivity index (χ4n) is 1.01. The number of carbonyl (C=O) groups is 2. The average molecular weight is 184 g/mol. The number of hydrogen-bond donors (Lipinski definition) is 1. The van der Waals surface area contributed by atoms with Crippen molar-refractivity contribution in [3.05, 3.63) is 12.2 Å². The maximum absolute atomic E-state index is 11.1. The largest absolute Gasteiger partial charge is 0.329 e. The molecule has 1 rings (SSSR count). The Morgan fingerprint density at radius 1 is 1.46 bits per heavy atom. The van der Waals surface area contributed by atoms with Crippen molar-refractivity contribution in [2.24, 2.45) is 5.73 Å². The van der Waals surface area contributed by atoms with Crippen molar-refractivity contribution in [1.82, 2.24) is 4.90 Å². The third-order valence-corrected chi connectivity index (χ3v) is 1.57. The van der Waals surface area contributed by atoms with Crippen LogP contribution in [0.3, 0.4) is 0 Å². The van der Waals surface area contributed by atoms with Gasteiger partial charge in [-0.1, -0.05) is 20.4 Å². The molecule has 0 atom stereocenters. The molecule has 0 bridgehead atoms. The van der Waals surface area contributed by atoms with E-state index < -0.39 is 0 Å². The van der Waals surface area contributed by atoms with E-state index in [1.807, 2.05) is 13.8 Å². The molecule has 4 nitrogen and oxygen atoms in total. The summed E-state index contributed by atoms with van der Waals surface area (Å²) in [5.41, 5.74) is 5.57. The second-order valence-electron chi connectivity index (χ2n) is 2.42. The zero-order valence-electron chi connectivity index (χ0n) is 8.17. The van der Waals surface area contributed by atoms with E-state index in [2.05, 4.69) is 6.58 Å². The van der Waals surface area contributed by atoms with Crippen LogP contribution in [0, 0.1) is 0 Å². The second kappa shape index (κ2) is 5.48. The Labute approximate surface area is 78.4 Å². The van der Waals surface area contributed by atoms with Crippen LogP contribution in [0.1, 0.15) is 20.3 Å². The molecule has 2 N–H and O–H groups in total. The predicted octanol–water partition coefficient (Wildman–Crippen LogP) is 0.286. The van der Waals surface area contributed by atoms with Gasteiger partial charge in [0.15, 0.2) is 0 Å². The lowest BCUT2D eigenvalue weighted by molar-refractivity contribution is -0.137. The Hall–Kier alpha value is -1.16. The van der Waals surface area contributed by atoms with Gasteiger partial charge in [0.1, 0.15) is 0 Å². The monoisotopic (exact) mass is 184 g/mol. The van der Waals surface area contributed by atoms with E-state index in [-0.39, 0.29) is 18.2 Å². The zero-order chi connectivity index (χ0) is 10.4. The topological polar surface area (TPSA) is 63.4 Å². The van der Waals surface area contributed by atoms with Crippen LogP contribution >= 0.6 is 0 Å². The standard InChI is InChI=1S/C7H10N2O2.C2H6/c1-5-4-6(10)9(3-2-8)7(5)11;1-2/h1-4,8H2;1-2H3. The minimum atomic E-state index is -0.277. The predicted molar refractivity (Wildman–Crippen MR) is 50.9 cm³/mol.